The van der Waals surface area contributed by atoms with E-state index in [1.807, 2.05) is 0 Å². The van der Waals surface area contributed by atoms with Crippen LogP contribution in [0.25, 0.3) is 0 Å². The number of nitrogens with one attached hydrogen (secondary N) is 1. The molecule has 6 heteroatoms. The van der Waals surface area contributed by atoms with E-state index in [1.54, 1.807) is 0 Å². The zero-order valence-corrected chi connectivity index (χ0v) is 5.19. The molecule has 2 amide bonds. The van der Waals surface area contributed by atoms with Crippen LogP contribution in [0.4, 0.5) is 4.79 Å². The summed E-state index contributed by atoms with van der Waals surface area (Å²) in [5, 5.41) is 20.2. The third kappa shape index (κ3) is 1.04. The average molecular weight is 147 g/mol. The zero-order valence-electron chi connectivity index (χ0n) is 5.19. The van der Waals surface area contributed by atoms with Gasteiger partial charge >= 0.3 is 6.03 Å². The number of amides is 2. The molecule has 0 bridgehead atoms. The Morgan fingerprint density at radius 1 is 1.70 bits per heavy atom. The summed E-state index contributed by atoms with van der Waals surface area (Å²) in [6.07, 6.45) is -2.31. The molecule has 0 radical (unpaired) electrons. The number of hydrogen-bond acceptors (Lipinski definition) is 4. The Morgan fingerprint density at radius 2 is 2.30 bits per heavy atom. The molecule has 0 aromatic heterocycles. The molecular weight excluding hydrogens is 138 g/mol. The number of nitrogens with two attached hydrogens (primary N) is 1. The minimum absolute atomic E-state index is 0.0810. The van der Waals surface area contributed by atoms with Crippen molar-refractivity contribution >= 4 is 6.03 Å². The third-order valence-corrected chi connectivity index (χ3v) is 1.36. The van der Waals surface area contributed by atoms with Crippen LogP contribution in [0.1, 0.15) is 0 Å². The topological polar surface area (TPSA) is 98.8 Å². The van der Waals surface area contributed by atoms with Gasteiger partial charge in [-0.3, -0.25) is 10.2 Å². The van der Waals surface area contributed by atoms with Crippen molar-refractivity contribution in [3.63, 3.8) is 0 Å². The summed E-state index contributed by atoms with van der Waals surface area (Å²) >= 11 is 0. The monoisotopic (exact) mass is 147 g/mol. The summed E-state index contributed by atoms with van der Waals surface area (Å²) in [6, 6.07) is -0.753. The molecule has 58 valence electrons. The Hall–Kier alpha value is -0.850. The van der Waals surface area contributed by atoms with Crippen LogP contribution in [-0.4, -0.2) is 40.3 Å². The van der Waals surface area contributed by atoms with Gasteiger partial charge < -0.3 is 15.9 Å². The van der Waals surface area contributed by atoms with Crippen LogP contribution < -0.4 is 11.1 Å². The van der Waals surface area contributed by atoms with Crippen molar-refractivity contribution in [2.24, 2.45) is 5.73 Å². The number of aliphatic hydroxyl groups is 2. The highest BCUT2D eigenvalue weighted by Crippen LogP contribution is 2.04. The molecule has 0 saturated carbocycles. The van der Waals surface area contributed by atoms with E-state index in [-0.39, 0.29) is 6.67 Å². The minimum Gasteiger partial charge on any atom is -0.374 e. The van der Waals surface area contributed by atoms with Crippen LogP contribution in [0.2, 0.25) is 0 Å². The summed E-state index contributed by atoms with van der Waals surface area (Å²) in [7, 11) is 0. The Labute approximate surface area is 57.2 Å². The molecule has 1 aliphatic rings. The second-order valence-corrected chi connectivity index (χ2v) is 2.03. The maximum absolute atomic E-state index is 10.4. The number of urea groups is 1. The molecular formula is C4H9N3O3. The highest BCUT2D eigenvalue weighted by atomic mass is 16.4. The maximum atomic E-state index is 10.4. The van der Waals surface area contributed by atoms with E-state index >= 15 is 0 Å². The van der Waals surface area contributed by atoms with Gasteiger partial charge in [-0.15, -0.1) is 0 Å². The van der Waals surface area contributed by atoms with Crippen molar-refractivity contribution in [3.05, 3.63) is 0 Å². The lowest BCUT2D eigenvalue weighted by Crippen LogP contribution is -2.42. The predicted octanol–water partition coefficient (Wildman–Crippen LogP) is -2.44. The molecule has 1 fully saturated rings. The first kappa shape index (κ1) is 7.26. The number of carbonyl (C=O) groups is 1. The van der Waals surface area contributed by atoms with Crippen LogP contribution >= 0.6 is 0 Å². The second kappa shape index (κ2) is 2.41. The van der Waals surface area contributed by atoms with E-state index in [2.05, 4.69) is 5.32 Å². The summed E-state index contributed by atoms with van der Waals surface area (Å²) in [5.74, 6) is 0. The van der Waals surface area contributed by atoms with Crippen LogP contribution in [-0.2, 0) is 0 Å². The molecule has 0 spiro atoms. The average Bonchev–Trinajstić information content (AvgIpc) is 2.14. The van der Waals surface area contributed by atoms with Crippen molar-refractivity contribution in [3.8, 4) is 0 Å². The summed E-state index contributed by atoms with van der Waals surface area (Å²) < 4.78 is 0. The van der Waals surface area contributed by atoms with Gasteiger partial charge in [-0.05, 0) is 0 Å². The van der Waals surface area contributed by atoms with E-state index in [4.69, 9.17) is 15.9 Å². The van der Waals surface area contributed by atoms with Crippen LogP contribution in [0, 0.1) is 0 Å². The smallest absolute Gasteiger partial charge is 0.318 e. The van der Waals surface area contributed by atoms with Crippen LogP contribution in [0.15, 0.2) is 0 Å². The summed E-state index contributed by atoms with van der Waals surface area (Å²) in [4.78, 5) is 11.3. The predicted molar refractivity (Wildman–Crippen MR) is 31.4 cm³/mol. The molecule has 1 aliphatic heterocycles. The fraction of sp³-hybridized carbons (Fsp3) is 0.750. The van der Waals surface area contributed by atoms with Gasteiger partial charge in [-0.25, -0.2) is 4.79 Å². The van der Waals surface area contributed by atoms with Gasteiger partial charge in [0.25, 0.3) is 0 Å². The van der Waals surface area contributed by atoms with E-state index in [0.29, 0.717) is 0 Å². The zero-order chi connectivity index (χ0) is 7.72. The molecule has 0 aromatic rings. The van der Waals surface area contributed by atoms with Gasteiger partial charge in [0, 0.05) is 0 Å². The largest absolute Gasteiger partial charge is 0.374 e. The van der Waals surface area contributed by atoms with Crippen LogP contribution in [0.5, 0.6) is 0 Å². The Bertz CT molecular complexity index is 151. The number of hydrogen-bond donors (Lipinski definition) is 4. The van der Waals surface area contributed by atoms with Crippen LogP contribution in [0.3, 0.4) is 0 Å². The molecule has 0 aromatic carbocycles. The molecule has 2 atom stereocenters. The summed E-state index contributed by atoms with van der Waals surface area (Å²) in [6.45, 7) is 0.0810. The first-order valence-electron chi connectivity index (χ1n) is 2.78. The minimum atomic E-state index is -1.22. The van der Waals surface area contributed by atoms with Crippen molar-refractivity contribution in [1.29, 1.82) is 0 Å². The lowest BCUT2D eigenvalue weighted by Gasteiger charge is -2.16. The van der Waals surface area contributed by atoms with E-state index in [9.17, 15) is 4.79 Å². The number of primary amides is 1. The Morgan fingerprint density at radius 3 is 2.50 bits per heavy atom. The van der Waals surface area contributed by atoms with E-state index in [0.717, 1.165) is 4.90 Å². The normalized spacial score (nSPS) is 32.8. The molecule has 1 heterocycles. The van der Waals surface area contributed by atoms with Gasteiger partial charge in [0.2, 0.25) is 0 Å². The number of carbonyl (C=O) groups excluding carboxylic acids is 1. The quantitative estimate of drug-likeness (QED) is 0.306. The van der Waals surface area contributed by atoms with Crippen molar-refractivity contribution in [2.75, 3.05) is 6.67 Å². The van der Waals surface area contributed by atoms with Crippen molar-refractivity contribution in [2.45, 2.75) is 12.5 Å². The lowest BCUT2D eigenvalue weighted by molar-refractivity contribution is -0.0214. The van der Waals surface area contributed by atoms with Crippen molar-refractivity contribution < 1.29 is 15.0 Å². The molecule has 6 nitrogen and oxygen atoms in total. The van der Waals surface area contributed by atoms with Gasteiger partial charge in [0.05, 0.1) is 6.67 Å². The van der Waals surface area contributed by atoms with E-state index < -0.39 is 18.5 Å². The fourth-order valence-corrected chi connectivity index (χ4v) is 0.770. The number of rotatable bonds is 0. The summed E-state index contributed by atoms with van der Waals surface area (Å²) in [5.41, 5.74) is 4.83. The fourth-order valence-electron chi connectivity index (χ4n) is 0.770. The lowest BCUT2D eigenvalue weighted by atomic mass is 10.5. The van der Waals surface area contributed by atoms with Crippen molar-refractivity contribution in [1.82, 2.24) is 10.2 Å². The standard InChI is InChI=1S/C4H9N3O3/c5-4(10)7-1-6-2(8)3(7)9/h2-3,6,8-9H,1H2,(H2,5,10). The van der Waals surface area contributed by atoms with Gasteiger partial charge in [0.1, 0.15) is 0 Å². The molecule has 0 aliphatic carbocycles. The molecule has 10 heavy (non-hydrogen) atoms. The maximum Gasteiger partial charge on any atom is 0.318 e. The number of nitrogens with zero attached hydrogens (tertiary/aromatic N) is 1. The molecule has 1 rings (SSSR count). The molecule has 2 unspecified atom stereocenters. The SMILES string of the molecule is NC(=O)N1CNC(O)C1O. The van der Waals surface area contributed by atoms with Gasteiger partial charge in [-0.2, -0.15) is 0 Å². The molecule has 5 N–H and O–H groups in total. The first-order valence-corrected chi connectivity index (χ1v) is 2.78. The Balaban J connectivity index is 2.57. The third-order valence-electron chi connectivity index (χ3n) is 1.36. The first-order chi connectivity index (χ1) is 4.63. The Kier molecular flexibility index (Phi) is 1.75. The highest BCUT2D eigenvalue weighted by molar-refractivity contribution is 5.72. The van der Waals surface area contributed by atoms with Gasteiger partial charge in [0.15, 0.2) is 12.5 Å². The highest BCUT2D eigenvalue weighted by Gasteiger charge is 2.32. The number of aliphatic hydroxyl groups excluding tert-OH is 2. The molecule has 1 saturated heterocycles. The van der Waals surface area contributed by atoms with E-state index in [1.165, 1.54) is 0 Å². The van der Waals surface area contributed by atoms with Gasteiger partial charge in [-0.1, -0.05) is 0 Å². The second-order valence-electron chi connectivity index (χ2n) is 2.03.